The van der Waals surface area contributed by atoms with Crippen molar-refractivity contribution in [1.82, 2.24) is 0 Å². The lowest BCUT2D eigenvalue weighted by molar-refractivity contribution is 0.0199. The fourth-order valence-electron chi connectivity index (χ4n) is 1.45. The molecule has 0 saturated carbocycles. The molecule has 1 rings (SSSR count). The zero-order valence-corrected chi connectivity index (χ0v) is 11.2. The predicted molar refractivity (Wildman–Crippen MR) is 72.8 cm³/mol. The molecule has 0 atom stereocenters. The first-order valence-corrected chi connectivity index (χ1v) is 6.20. The Morgan fingerprint density at radius 1 is 1.05 bits per heavy atom. The Kier molecular flexibility index (Phi) is 8.69. The van der Waals surface area contributed by atoms with Crippen LogP contribution in [0.2, 0.25) is 0 Å². The van der Waals surface area contributed by atoms with Crippen molar-refractivity contribution in [2.24, 2.45) is 0 Å². The molecule has 104 valence electrons. The molecule has 0 unspecified atom stereocenters. The molecule has 0 aliphatic heterocycles. The number of hydrogen-bond donors (Lipinski definition) is 1. The number of ether oxygens (including phenoxy) is 3. The van der Waals surface area contributed by atoms with E-state index in [1.165, 1.54) is 0 Å². The maximum Gasteiger partial charge on any atom is 0.104 e. The Balaban J connectivity index is 2.29. The highest BCUT2D eigenvalue weighted by Gasteiger charge is 1.99. The van der Waals surface area contributed by atoms with Crippen LogP contribution in [0.5, 0.6) is 0 Å². The summed E-state index contributed by atoms with van der Waals surface area (Å²) in [4.78, 5) is 0. The van der Waals surface area contributed by atoms with E-state index in [2.05, 4.69) is 11.8 Å². The van der Waals surface area contributed by atoms with E-state index >= 15 is 0 Å². The molecule has 0 aliphatic rings. The molecular weight excluding hydrogens is 244 g/mol. The second-order valence-electron chi connectivity index (χ2n) is 3.77. The van der Waals surface area contributed by atoms with Gasteiger partial charge in [0.1, 0.15) is 6.61 Å². The second-order valence-corrected chi connectivity index (χ2v) is 3.77. The summed E-state index contributed by atoms with van der Waals surface area (Å²) in [7, 11) is 1.64. The van der Waals surface area contributed by atoms with Gasteiger partial charge in [-0.2, -0.15) is 0 Å². The molecule has 0 fully saturated rings. The van der Waals surface area contributed by atoms with Crippen LogP contribution in [-0.2, 0) is 20.8 Å². The van der Waals surface area contributed by atoms with Crippen molar-refractivity contribution in [1.29, 1.82) is 0 Å². The van der Waals surface area contributed by atoms with Crippen LogP contribution in [-0.4, -0.2) is 45.3 Å². The Hall–Kier alpha value is -1.38. The molecule has 0 saturated heterocycles. The van der Waals surface area contributed by atoms with Crippen LogP contribution in [0.25, 0.3) is 0 Å². The SMILES string of the molecule is COCCOCCOCc1ccccc1C#CCO. The number of hydrogen-bond acceptors (Lipinski definition) is 4. The minimum absolute atomic E-state index is 0.136. The van der Waals surface area contributed by atoms with Crippen molar-refractivity contribution in [3.63, 3.8) is 0 Å². The number of aliphatic hydroxyl groups is 1. The second kappa shape index (κ2) is 10.5. The third-order valence-corrected chi connectivity index (χ3v) is 2.38. The maximum atomic E-state index is 8.70. The van der Waals surface area contributed by atoms with E-state index in [1.54, 1.807) is 7.11 Å². The molecule has 19 heavy (non-hydrogen) atoms. The van der Waals surface area contributed by atoms with Crippen molar-refractivity contribution in [3.8, 4) is 11.8 Å². The average Bonchev–Trinajstić information content (AvgIpc) is 2.45. The van der Waals surface area contributed by atoms with Crippen molar-refractivity contribution in [2.45, 2.75) is 6.61 Å². The number of benzene rings is 1. The van der Waals surface area contributed by atoms with E-state index in [-0.39, 0.29) is 6.61 Å². The summed E-state index contributed by atoms with van der Waals surface area (Å²) in [5, 5.41) is 8.70. The van der Waals surface area contributed by atoms with Gasteiger partial charge in [-0.15, -0.1) is 0 Å². The standard InChI is InChI=1S/C15H20O4/c1-17-9-10-18-11-12-19-13-15-6-3-2-5-14(15)7-4-8-16/h2-3,5-6,16H,8-13H2,1H3. The van der Waals surface area contributed by atoms with Gasteiger partial charge in [0.2, 0.25) is 0 Å². The topological polar surface area (TPSA) is 47.9 Å². The molecule has 1 N–H and O–H groups in total. The quantitative estimate of drug-likeness (QED) is 0.566. The summed E-state index contributed by atoms with van der Waals surface area (Å²) in [6, 6.07) is 7.74. The highest BCUT2D eigenvalue weighted by molar-refractivity contribution is 5.40. The lowest BCUT2D eigenvalue weighted by atomic mass is 10.1. The van der Waals surface area contributed by atoms with Crippen LogP contribution in [0, 0.1) is 11.8 Å². The van der Waals surface area contributed by atoms with E-state index in [1.807, 2.05) is 24.3 Å². The molecule has 4 heteroatoms. The molecule has 0 bridgehead atoms. The average molecular weight is 264 g/mol. The maximum absolute atomic E-state index is 8.70. The van der Waals surface area contributed by atoms with E-state index < -0.39 is 0 Å². The molecule has 0 aromatic heterocycles. The van der Waals surface area contributed by atoms with E-state index in [9.17, 15) is 0 Å². The predicted octanol–water partition coefficient (Wildman–Crippen LogP) is 1.21. The van der Waals surface area contributed by atoms with Crippen LogP contribution in [0.4, 0.5) is 0 Å². The minimum atomic E-state index is -0.136. The minimum Gasteiger partial charge on any atom is -0.384 e. The number of rotatable bonds is 8. The van der Waals surface area contributed by atoms with Gasteiger partial charge < -0.3 is 19.3 Å². The third kappa shape index (κ3) is 6.94. The lowest BCUT2D eigenvalue weighted by Crippen LogP contribution is -2.08. The zero-order chi connectivity index (χ0) is 13.8. The summed E-state index contributed by atoms with van der Waals surface area (Å²) in [6.07, 6.45) is 0. The van der Waals surface area contributed by atoms with Gasteiger partial charge >= 0.3 is 0 Å². The van der Waals surface area contributed by atoms with Gasteiger partial charge in [-0.3, -0.25) is 0 Å². The fourth-order valence-corrected chi connectivity index (χ4v) is 1.45. The van der Waals surface area contributed by atoms with Gasteiger partial charge in [0, 0.05) is 12.7 Å². The number of methoxy groups -OCH3 is 1. The Labute approximate surface area is 114 Å². The molecule has 0 heterocycles. The molecule has 4 nitrogen and oxygen atoms in total. The molecule has 0 amide bonds. The Morgan fingerprint density at radius 2 is 1.79 bits per heavy atom. The van der Waals surface area contributed by atoms with Gasteiger partial charge in [0.25, 0.3) is 0 Å². The van der Waals surface area contributed by atoms with Crippen LogP contribution >= 0.6 is 0 Å². The largest absolute Gasteiger partial charge is 0.384 e. The van der Waals surface area contributed by atoms with Crippen molar-refractivity contribution < 1.29 is 19.3 Å². The van der Waals surface area contributed by atoms with E-state index in [0.717, 1.165) is 11.1 Å². The van der Waals surface area contributed by atoms with Crippen molar-refractivity contribution in [2.75, 3.05) is 40.1 Å². The Bertz CT molecular complexity index is 406. The highest BCUT2D eigenvalue weighted by atomic mass is 16.5. The lowest BCUT2D eigenvalue weighted by Gasteiger charge is -2.07. The molecular formula is C15H20O4. The van der Waals surface area contributed by atoms with Gasteiger partial charge in [-0.05, 0) is 11.6 Å². The summed E-state index contributed by atoms with van der Waals surface area (Å²) in [6.45, 7) is 2.61. The monoisotopic (exact) mass is 264 g/mol. The first-order chi connectivity index (χ1) is 9.38. The molecule has 1 aromatic carbocycles. The smallest absolute Gasteiger partial charge is 0.104 e. The van der Waals surface area contributed by atoms with Gasteiger partial charge in [0.05, 0.1) is 33.0 Å². The molecule has 0 spiro atoms. The van der Waals surface area contributed by atoms with Gasteiger partial charge in [-0.25, -0.2) is 0 Å². The molecule has 0 radical (unpaired) electrons. The van der Waals surface area contributed by atoms with Crippen LogP contribution in [0.15, 0.2) is 24.3 Å². The summed E-state index contributed by atoms with van der Waals surface area (Å²) >= 11 is 0. The summed E-state index contributed by atoms with van der Waals surface area (Å²) in [5.74, 6) is 5.55. The first kappa shape index (κ1) is 15.7. The summed E-state index contributed by atoms with van der Waals surface area (Å²) < 4.78 is 15.7. The first-order valence-electron chi connectivity index (χ1n) is 6.20. The number of aliphatic hydroxyl groups excluding tert-OH is 1. The van der Waals surface area contributed by atoms with Gasteiger partial charge in [0.15, 0.2) is 0 Å². The Morgan fingerprint density at radius 3 is 2.58 bits per heavy atom. The van der Waals surface area contributed by atoms with E-state index in [4.69, 9.17) is 19.3 Å². The van der Waals surface area contributed by atoms with E-state index in [0.29, 0.717) is 33.0 Å². The van der Waals surface area contributed by atoms with Crippen LogP contribution in [0.1, 0.15) is 11.1 Å². The zero-order valence-electron chi connectivity index (χ0n) is 11.2. The van der Waals surface area contributed by atoms with Gasteiger partial charge in [-0.1, -0.05) is 30.0 Å². The summed E-state index contributed by atoms with van der Waals surface area (Å²) in [5.41, 5.74) is 1.90. The van der Waals surface area contributed by atoms with Crippen molar-refractivity contribution >= 4 is 0 Å². The molecule has 0 aliphatic carbocycles. The van der Waals surface area contributed by atoms with Crippen molar-refractivity contribution in [3.05, 3.63) is 35.4 Å². The normalized spacial score (nSPS) is 10.0. The van der Waals surface area contributed by atoms with Crippen LogP contribution in [0.3, 0.4) is 0 Å². The molecule has 1 aromatic rings. The van der Waals surface area contributed by atoms with Crippen LogP contribution < -0.4 is 0 Å². The third-order valence-electron chi connectivity index (χ3n) is 2.38. The highest BCUT2D eigenvalue weighted by Crippen LogP contribution is 2.08. The fraction of sp³-hybridized carbons (Fsp3) is 0.467.